The molecule has 3 aromatic rings. The van der Waals surface area contributed by atoms with Gasteiger partial charge in [0.2, 0.25) is 0 Å². The Hall–Kier alpha value is -3.62. The van der Waals surface area contributed by atoms with E-state index in [1.54, 1.807) is 29.3 Å². The Labute approximate surface area is 165 Å². The van der Waals surface area contributed by atoms with E-state index in [0.29, 0.717) is 43.3 Å². The van der Waals surface area contributed by atoms with Crippen molar-refractivity contribution >= 4 is 11.8 Å². The summed E-state index contributed by atoms with van der Waals surface area (Å²) in [4.78, 5) is 32.5. The van der Waals surface area contributed by atoms with Gasteiger partial charge in [0.05, 0.1) is 5.69 Å². The molecule has 2 aromatic heterocycles. The number of pyridine rings is 1. The Balaban J connectivity index is 1.39. The molecule has 0 saturated carbocycles. The number of piperazine rings is 1. The largest absolute Gasteiger partial charge is 0.335 e. The summed E-state index contributed by atoms with van der Waals surface area (Å²) in [5, 5.41) is 6.87. The summed E-state index contributed by atoms with van der Waals surface area (Å²) in [6.07, 6.45) is 1.65. The van der Waals surface area contributed by atoms with E-state index in [0.717, 1.165) is 12.1 Å². The minimum atomic E-state index is -1.06. The Morgan fingerprint density at radius 1 is 0.862 bits per heavy atom. The Kier molecular flexibility index (Phi) is 5.03. The number of carbonyl (C=O) groups excluding carboxylic acids is 2. The number of halogens is 2. The number of H-pyrrole nitrogens is 1. The van der Waals surface area contributed by atoms with Crippen LogP contribution in [0.25, 0.3) is 11.4 Å². The molecule has 1 aliphatic heterocycles. The molecular formula is C20H17F2N5O2. The predicted octanol–water partition coefficient (Wildman–Crippen LogP) is 2.35. The summed E-state index contributed by atoms with van der Waals surface area (Å²) >= 11 is 0. The number of hydrogen-bond donors (Lipinski definition) is 1. The lowest BCUT2D eigenvalue weighted by Gasteiger charge is -2.34. The van der Waals surface area contributed by atoms with Gasteiger partial charge in [0, 0.05) is 37.9 Å². The van der Waals surface area contributed by atoms with Gasteiger partial charge < -0.3 is 9.80 Å². The molecule has 0 aliphatic carbocycles. The Morgan fingerprint density at radius 2 is 1.59 bits per heavy atom. The first kappa shape index (κ1) is 18.7. The summed E-state index contributed by atoms with van der Waals surface area (Å²) < 4.78 is 26.4. The molecule has 0 spiro atoms. The third-order valence-corrected chi connectivity index (χ3v) is 4.76. The number of benzene rings is 1. The van der Waals surface area contributed by atoms with Crippen molar-refractivity contribution in [2.24, 2.45) is 0 Å². The van der Waals surface area contributed by atoms with Crippen molar-refractivity contribution in [1.29, 1.82) is 0 Å². The second-order valence-electron chi connectivity index (χ2n) is 6.60. The molecular weight excluding hydrogens is 380 g/mol. The topological polar surface area (TPSA) is 82.2 Å². The maximum absolute atomic E-state index is 13.4. The zero-order chi connectivity index (χ0) is 20.4. The fraction of sp³-hybridized carbons (Fsp3) is 0.200. The van der Waals surface area contributed by atoms with Crippen LogP contribution in [0.1, 0.15) is 20.8 Å². The Bertz CT molecular complexity index is 1050. The minimum absolute atomic E-state index is 0.0808. The Morgan fingerprint density at radius 3 is 2.24 bits per heavy atom. The van der Waals surface area contributed by atoms with Gasteiger partial charge in [0.15, 0.2) is 11.6 Å². The van der Waals surface area contributed by atoms with Gasteiger partial charge in [0.1, 0.15) is 11.4 Å². The lowest BCUT2D eigenvalue weighted by Crippen LogP contribution is -2.50. The number of rotatable bonds is 3. The number of carbonyl (C=O) groups is 2. The van der Waals surface area contributed by atoms with Crippen LogP contribution in [0.5, 0.6) is 0 Å². The van der Waals surface area contributed by atoms with E-state index in [1.165, 1.54) is 11.0 Å². The highest BCUT2D eigenvalue weighted by atomic mass is 19.2. The first-order chi connectivity index (χ1) is 14.0. The first-order valence-corrected chi connectivity index (χ1v) is 9.03. The van der Waals surface area contributed by atoms with Gasteiger partial charge in [-0.3, -0.25) is 19.7 Å². The predicted molar refractivity (Wildman–Crippen MR) is 100.0 cm³/mol. The maximum Gasteiger partial charge on any atom is 0.272 e. The van der Waals surface area contributed by atoms with E-state index in [1.807, 2.05) is 6.07 Å². The van der Waals surface area contributed by atoms with Gasteiger partial charge in [0.25, 0.3) is 11.8 Å². The van der Waals surface area contributed by atoms with E-state index in [-0.39, 0.29) is 11.5 Å². The molecule has 148 valence electrons. The van der Waals surface area contributed by atoms with Crippen LogP contribution in [0, 0.1) is 11.6 Å². The maximum atomic E-state index is 13.4. The molecule has 0 radical (unpaired) electrons. The van der Waals surface area contributed by atoms with Crippen molar-refractivity contribution in [2.75, 3.05) is 26.2 Å². The van der Waals surface area contributed by atoms with E-state index in [9.17, 15) is 18.4 Å². The molecule has 2 amide bonds. The molecule has 1 aliphatic rings. The van der Waals surface area contributed by atoms with Crippen LogP contribution in [0.2, 0.25) is 0 Å². The second-order valence-corrected chi connectivity index (χ2v) is 6.60. The van der Waals surface area contributed by atoms with Crippen LogP contribution in [-0.4, -0.2) is 63.0 Å². The van der Waals surface area contributed by atoms with Gasteiger partial charge in [-0.25, -0.2) is 8.78 Å². The zero-order valence-electron chi connectivity index (χ0n) is 15.3. The van der Waals surface area contributed by atoms with Gasteiger partial charge in [-0.2, -0.15) is 5.10 Å². The number of hydrogen-bond acceptors (Lipinski definition) is 4. The summed E-state index contributed by atoms with van der Waals surface area (Å²) in [6.45, 7) is 1.24. The smallest absolute Gasteiger partial charge is 0.272 e. The van der Waals surface area contributed by atoms with Gasteiger partial charge in [-0.05, 0) is 36.4 Å². The normalized spacial score (nSPS) is 14.1. The fourth-order valence-corrected chi connectivity index (χ4v) is 3.17. The molecule has 29 heavy (non-hydrogen) atoms. The molecule has 1 fully saturated rings. The number of amides is 2. The van der Waals surface area contributed by atoms with E-state index < -0.39 is 17.5 Å². The number of aromatic nitrogens is 3. The molecule has 1 aromatic carbocycles. The molecule has 1 saturated heterocycles. The lowest BCUT2D eigenvalue weighted by molar-refractivity contribution is 0.0532. The highest BCUT2D eigenvalue weighted by Crippen LogP contribution is 2.17. The number of nitrogens with zero attached hydrogens (tertiary/aromatic N) is 4. The van der Waals surface area contributed by atoms with Gasteiger partial charge in [-0.1, -0.05) is 6.07 Å². The SMILES string of the molecule is O=C(c1ccc(F)c(F)c1)N1CCN(C(=O)c2cc(-c3ccccn3)n[nH]2)CC1. The lowest BCUT2D eigenvalue weighted by atomic mass is 10.1. The molecule has 0 bridgehead atoms. The highest BCUT2D eigenvalue weighted by molar-refractivity contribution is 5.95. The van der Waals surface area contributed by atoms with E-state index >= 15 is 0 Å². The van der Waals surface area contributed by atoms with E-state index in [4.69, 9.17) is 0 Å². The van der Waals surface area contributed by atoms with Crippen LogP contribution in [-0.2, 0) is 0 Å². The molecule has 0 atom stereocenters. The van der Waals surface area contributed by atoms with Crippen LogP contribution in [0.3, 0.4) is 0 Å². The zero-order valence-corrected chi connectivity index (χ0v) is 15.3. The van der Waals surface area contributed by atoms with Crippen LogP contribution < -0.4 is 0 Å². The highest BCUT2D eigenvalue weighted by Gasteiger charge is 2.27. The van der Waals surface area contributed by atoms with Gasteiger partial charge in [-0.15, -0.1) is 0 Å². The molecule has 3 heterocycles. The minimum Gasteiger partial charge on any atom is -0.335 e. The van der Waals surface area contributed by atoms with Crippen molar-refractivity contribution in [1.82, 2.24) is 25.0 Å². The second kappa shape index (κ2) is 7.78. The summed E-state index contributed by atoms with van der Waals surface area (Å²) in [6, 6.07) is 10.1. The summed E-state index contributed by atoms with van der Waals surface area (Å²) in [5.74, 6) is -2.68. The van der Waals surface area contributed by atoms with Crippen LogP contribution in [0.15, 0.2) is 48.7 Å². The standard InChI is InChI=1S/C20H17F2N5O2/c21-14-5-4-13(11-15(14)22)19(28)26-7-9-27(10-8-26)20(29)18-12-17(24-25-18)16-3-1-2-6-23-16/h1-6,11-12H,7-10H2,(H,24,25). The average Bonchev–Trinajstić information content (AvgIpc) is 3.26. The number of aromatic amines is 1. The molecule has 4 rings (SSSR count). The van der Waals surface area contributed by atoms with Crippen molar-refractivity contribution in [2.45, 2.75) is 0 Å². The van der Waals surface area contributed by atoms with Crippen molar-refractivity contribution < 1.29 is 18.4 Å². The third kappa shape index (κ3) is 3.84. The molecule has 7 nitrogen and oxygen atoms in total. The summed E-state index contributed by atoms with van der Waals surface area (Å²) in [7, 11) is 0. The molecule has 0 unspecified atom stereocenters. The summed E-state index contributed by atoms with van der Waals surface area (Å²) in [5.41, 5.74) is 1.65. The van der Waals surface area contributed by atoms with Crippen LogP contribution >= 0.6 is 0 Å². The van der Waals surface area contributed by atoms with Gasteiger partial charge >= 0.3 is 0 Å². The quantitative estimate of drug-likeness (QED) is 0.736. The third-order valence-electron chi connectivity index (χ3n) is 4.76. The molecule has 1 N–H and O–H groups in total. The van der Waals surface area contributed by atoms with Crippen molar-refractivity contribution in [3.63, 3.8) is 0 Å². The van der Waals surface area contributed by atoms with Crippen molar-refractivity contribution in [3.8, 4) is 11.4 Å². The monoisotopic (exact) mass is 397 g/mol. The number of nitrogens with one attached hydrogen (secondary N) is 1. The molecule has 9 heteroatoms. The van der Waals surface area contributed by atoms with Crippen LogP contribution in [0.4, 0.5) is 8.78 Å². The fourth-order valence-electron chi connectivity index (χ4n) is 3.17. The average molecular weight is 397 g/mol. The van der Waals surface area contributed by atoms with E-state index in [2.05, 4.69) is 15.2 Å². The van der Waals surface area contributed by atoms with Crippen molar-refractivity contribution in [3.05, 3.63) is 71.6 Å². The first-order valence-electron chi connectivity index (χ1n) is 9.03.